The van der Waals surface area contributed by atoms with Crippen LogP contribution >= 0.6 is 11.3 Å². The van der Waals surface area contributed by atoms with Crippen molar-refractivity contribution in [1.29, 1.82) is 0 Å². The predicted octanol–water partition coefficient (Wildman–Crippen LogP) is 13.1. The lowest BCUT2D eigenvalue weighted by molar-refractivity contribution is 0.672. The number of hydrogen-bond donors (Lipinski definition) is 0. The van der Waals surface area contributed by atoms with Gasteiger partial charge in [0.15, 0.2) is 17.5 Å². The summed E-state index contributed by atoms with van der Waals surface area (Å²) in [5.74, 6) is 1.86. The first-order valence-electron chi connectivity index (χ1n) is 17.3. The average molecular weight is 682 g/mol. The highest BCUT2D eigenvalue weighted by atomic mass is 32.1. The number of rotatable bonds is 4. The second-order valence-corrected chi connectivity index (χ2v) is 14.3. The Labute approximate surface area is 302 Å². The van der Waals surface area contributed by atoms with E-state index in [2.05, 4.69) is 121 Å². The number of hydrogen-bond acceptors (Lipinski definition) is 5. The fourth-order valence-electron chi connectivity index (χ4n) is 7.55. The van der Waals surface area contributed by atoms with Gasteiger partial charge in [-0.25, -0.2) is 15.0 Å². The van der Waals surface area contributed by atoms with Crippen LogP contribution in [-0.2, 0) is 0 Å². The highest BCUT2D eigenvalue weighted by molar-refractivity contribution is 7.25. The van der Waals surface area contributed by atoms with E-state index in [4.69, 9.17) is 19.4 Å². The van der Waals surface area contributed by atoms with Crippen LogP contribution in [0.3, 0.4) is 0 Å². The molecule has 3 heterocycles. The van der Waals surface area contributed by atoms with Crippen LogP contribution in [0.4, 0.5) is 0 Å². The molecular weight excluding hydrogens is 655 g/mol. The molecular formula is C47H27N3OS. The number of furan rings is 1. The molecule has 0 aliphatic rings. The van der Waals surface area contributed by atoms with Crippen molar-refractivity contribution in [3.05, 3.63) is 164 Å². The molecule has 3 aromatic heterocycles. The van der Waals surface area contributed by atoms with E-state index in [1.54, 1.807) is 0 Å². The Morgan fingerprint density at radius 1 is 0.385 bits per heavy atom. The van der Waals surface area contributed by atoms with Gasteiger partial charge < -0.3 is 4.42 Å². The molecule has 11 rings (SSSR count). The van der Waals surface area contributed by atoms with Crippen LogP contribution in [-0.4, -0.2) is 15.0 Å². The molecule has 0 aliphatic heterocycles. The highest BCUT2D eigenvalue weighted by Gasteiger charge is 2.21. The Hall–Kier alpha value is -6.69. The van der Waals surface area contributed by atoms with Crippen molar-refractivity contribution in [2.45, 2.75) is 0 Å². The molecule has 0 spiro atoms. The standard InChI is InChI=1S/C47H27N3OS/c1-2-11-29(12-3-1)45-48-46(33-19-18-28-10-4-5-13-30(28)24-33)50-47(49-45)39-26-34-25-31(20-22-35(34)44-43(39)38-15-6-8-16-40(38)51-44)32-21-23-37-36-14-7-9-17-41(36)52-42(37)27-32/h1-27H. The molecule has 5 heteroatoms. The third-order valence-corrected chi connectivity index (χ3v) is 11.2. The summed E-state index contributed by atoms with van der Waals surface area (Å²) >= 11 is 1.84. The van der Waals surface area contributed by atoms with E-state index in [0.717, 1.165) is 60.4 Å². The maximum atomic E-state index is 6.67. The zero-order chi connectivity index (χ0) is 34.2. The lowest BCUT2D eigenvalue weighted by Gasteiger charge is -2.12. The summed E-state index contributed by atoms with van der Waals surface area (Å²) in [7, 11) is 0. The molecule has 0 radical (unpaired) electrons. The van der Waals surface area contributed by atoms with Crippen LogP contribution in [0.2, 0.25) is 0 Å². The van der Waals surface area contributed by atoms with Gasteiger partial charge in [0.05, 0.1) is 0 Å². The van der Waals surface area contributed by atoms with E-state index in [9.17, 15) is 0 Å². The van der Waals surface area contributed by atoms with Gasteiger partial charge in [-0.1, -0.05) is 121 Å². The average Bonchev–Trinajstić information content (AvgIpc) is 3.79. The van der Waals surface area contributed by atoms with Crippen molar-refractivity contribution in [2.75, 3.05) is 0 Å². The first-order valence-corrected chi connectivity index (χ1v) is 18.2. The second-order valence-electron chi connectivity index (χ2n) is 13.2. The number of fused-ring (bicyclic) bond motifs is 9. The largest absolute Gasteiger partial charge is 0.455 e. The molecule has 0 aliphatic carbocycles. The lowest BCUT2D eigenvalue weighted by atomic mass is 9.96. The minimum absolute atomic E-state index is 0.604. The Kier molecular flexibility index (Phi) is 6.39. The summed E-state index contributed by atoms with van der Waals surface area (Å²) in [4.78, 5) is 15.4. The minimum atomic E-state index is 0.604. The Bertz CT molecular complexity index is 3200. The van der Waals surface area contributed by atoms with Crippen LogP contribution in [0.15, 0.2) is 168 Å². The van der Waals surface area contributed by atoms with Gasteiger partial charge in [-0.05, 0) is 69.8 Å². The molecule has 0 N–H and O–H groups in total. The first-order chi connectivity index (χ1) is 25.7. The molecule has 0 saturated carbocycles. The molecule has 0 saturated heterocycles. The van der Waals surface area contributed by atoms with Gasteiger partial charge in [-0.2, -0.15) is 0 Å². The zero-order valence-corrected chi connectivity index (χ0v) is 28.6. The van der Waals surface area contributed by atoms with Crippen molar-refractivity contribution in [1.82, 2.24) is 15.0 Å². The summed E-state index contributed by atoms with van der Waals surface area (Å²) in [6, 6.07) is 57.5. The van der Waals surface area contributed by atoms with Crippen LogP contribution < -0.4 is 0 Å². The Morgan fingerprint density at radius 3 is 1.90 bits per heavy atom. The van der Waals surface area contributed by atoms with Gasteiger partial charge in [-0.15, -0.1) is 11.3 Å². The molecule has 0 fully saturated rings. The predicted molar refractivity (Wildman–Crippen MR) is 217 cm³/mol. The number of para-hydroxylation sites is 1. The number of benzene rings is 8. The van der Waals surface area contributed by atoms with Crippen molar-refractivity contribution in [3.8, 4) is 45.3 Å². The molecule has 0 amide bonds. The number of nitrogens with zero attached hydrogens (tertiary/aromatic N) is 3. The molecule has 0 unspecified atom stereocenters. The molecule has 0 bridgehead atoms. The van der Waals surface area contributed by atoms with Crippen molar-refractivity contribution in [3.63, 3.8) is 0 Å². The van der Waals surface area contributed by atoms with Crippen molar-refractivity contribution >= 4 is 75.0 Å². The van der Waals surface area contributed by atoms with E-state index < -0.39 is 0 Å². The monoisotopic (exact) mass is 681 g/mol. The summed E-state index contributed by atoms with van der Waals surface area (Å²) in [6.07, 6.45) is 0. The normalized spacial score (nSPS) is 11.8. The van der Waals surface area contributed by atoms with Gasteiger partial charge in [-0.3, -0.25) is 0 Å². The molecule has 8 aromatic carbocycles. The topological polar surface area (TPSA) is 51.8 Å². The fraction of sp³-hybridized carbons (Fsp3) is 0. The van der Waals surface area contributed by atoms with E-state index in [1.165, 1.54) is 31.1 Å². The summed E-state index contributed by atoms with van der Waals surface area (Å²) in [6.45, 7) is 0. The number of aromatic nitrogens is 3. The maximum Gasteiger partial charge on any atom is 0.164 e. The fourth-order valence-corrected chi connectivity index (χ4v) is 8.70. The van der Waals surface area contributed by atoms with Crippen molar-refractivity contribution < 1.29 is 4.42 Å². The van der Waals surface area contributed by atoms with Crippen LogP contribution in [0.1, 0.15) is 0 Å². The van der Waals surface area contributed by atoms with Crippen molar-refractivity contribution in [2.24, 2.45) is 0 Å². The molecule has 11 aromatic rings. The van der Waals surface area contributed by atoms with Gasteiger partial charge in [0.2, 0.25) is 0 Å². The van der Waals surface area contributed by atoms with E-state index in [-0.39, 0.29) is 0 Å². The molecule has 52 heavy (non-hydrogen) atoms. The smallest absolute Gasteiger partial charge is 0.164 e. The summed E-state index contributed by atoms with van der Waals surface area (Å²) in [5.41, 5.74) is 6.76. The molecule has 4 nitrogen and oxygen atoms in total. The molecule has 0 atom stereocenters. The van der Waals surface area contributed by atoms with Gasteiger partial charge >= 0.3 is 0 Å². The third-order valence-electron chi connectivity index (χ3n) is 10.1. The Balaban J connectivity index is 1.16. The third kappa shape index (κ3) is 4.64. The van der Waals surface area contributed by atoms with Crippen LogP contribution in [0, 0.1) is 0 Å². The second kappa shape index (κ2) is 11.4. The number of thiophene rings is 1. The van der Waals surface area contributed by atoms with E-state index >= 15 is 0 Å². The first kappa shape index (κ1) is 29.1. The van der Waals surface area contributed by atoms with Crippen LogP contribution in [0.25, 0.3) is 109 Å². The van der Waals surface area contributed by atoms with Gasteiger partial charge in [0.1, 0.15) is 11.2 Å². The van der Waals surface area contributed by atoms with Crippen LogP contribution in [0.5, 0.6) is 0 Å². The zero-order valence-electron chi connectivity index (χ0n) is 27.7. The SMILES string of the molecule is c1ccc(-c2nc(-c3ccc4ccccc4c3)nc(-c3cc4cc(-c5ccc6c(c5)sc5ccccc56)ccc4c4oc5ccccc5c34)n2)cc1. The highest BCUT2D eigenvalue weighted by Crippen LogP contribution is 2.43. The van der Waals surface area contributed by atoms with E-state index in [0.29, 0.717) is 17.5 Å². The summed E-state index contributed by atoms with van der Waals surface area (Å²) in [5, 5.41) is 9.05. The molecule has 242 valence electrons. The Morgan fingerprint density at radius 2 is 1.02 bits per heavy atom. The van der Waals surface area contributed by atoms with Gasteiger partial charge in [0, 0.05) is 53.0 Å². The van der Waals surface area contributed by atoms with Gasteiger partial charge in [0.25, 0.3) is 0 Å². The maximum absolute atomic E-state index is 6.67. The van der Waals surface area contributed by atoms with E-state index in [1.807, 2.05) is 53.8 Å². The quantitative estimate of drug-likeness (QED) is 0.185. The lowest BCUT2D eigenvalue weighted by Crippen LogP contribution is -2.00. The minimum Gasteiger partial charge on any atom is -0.455 e. The summed E-state index contributed by atoms with van der Waals surface area (Å²) < 4.78 is 9.26.